The van der Waals surface area contributed by atoms with Crippen molar-refractivity contribution < 1.29 is 18.4 Å². The highest BCUT2D eigenvalue weighted by Crippen LogP contribution is 2.19. The van der Waals surface area contributed by atoms with Crippen molar-refractivity contribution in [3.05, 3.63) is 76.9 Å². The fourth-order valence-corrected chi connectivity index (χ4v) is 2.25. The summed E-state index contributed by atoms with van der Waals surface area (Å²) in [5, 5.41) is 6.61. The lowest BCUT2D eigenvalue weighted by molar-refractivity contribution is 0.101. The first-order chi connectivity index (χ1) is 12.0. The van der Waals surface area contributed by atoms with Crippen LogP contribution in [0, 0.1) is 19.7 Å². The molecule has 0 aliphatic carbocycles. The van der Waals surface area contributed by atoms with E-state index in [0.717, 1.165) is 5.56 Å². The van der Waals surface area contributed by atoms with Gasteiger partial charge in [0, 0.05) is 5.69 Å². The highest BCUT2D eigenvalue weighted by molar-refractivity contribution is 6.03. The van der Waals surface area contributed by atoms with Crippen molar-refractivity contribution in [2.24, 2.45) is 0 Å². The Bertz CT molecular complexity index is 871. The molecule has 0 spiro atoms. The normalized spacial score (nSPS) is 10.5. The van der Waals surface area contributed by atoms with E-state index in [1.54, 1.807) is 6.92 Å². The lowest BCUT2D eigenvalue weighted by Crippen LogP contribution is -2.15. The molecule has 0 saturated heterocycles. The van der Waals surface area contributed by atoms with Gasteiger partial charge in [0.1, 0.15) is 23.9 Å². The second kappa shape index (κ2) is 7.17. The maximum Gasteiger partial charge on any atom is 0.278 e. The molecule has 1 aromatic heterocycles. The Balaban J connectivity index is 1.72. The van der Waals surface area contributed by atoms with Gasteiger partial charge in [-0.15, -0.1) is 0 Å². The molecule has 128 valence electrons. The van der Waals surface area contributed by atoms with Gasteiger partial charge >= 0.3 is 0 Å². The minimum absolute atomic E-state index is 0.0949. The molecule has 6 heteroatoms. The molecule has 0 bridgehead atoms. The van der Waals surface area contributed by atoms with E-state index >= 15 is 0 Å². The molecule has 1 amide bonds. The van der Waals surface area contributed by atoms with E-state index in [4.69, 9.17) is 9.26 Å². The topological polar surface area (TPSA) is 64.4 Å². The monoisotopic (exact) mass is 340 g/mol. The van der Waals surface area contributed by atoms with Crippen LogP contribution < -0.4 is 10.1 Å². The van der Waals surface area contributed by atoms with E-state index in [9.17, 15) is 9.18 Å². The van der Waals surface area contributed by atoms with Crippen molar-refractivity contribution in [1.82, 2.24) is 5.16 Å². The van der Waals surface area contributed by atoms with Crippen LogP contribution in [0.4, 0.5) is 10.1 Å². The molecule has 5 nitrogen and oxygen atoms in total. The first kappa shape index (κ1) is 16.7. The van der Waals surface area contributed by atoms with Crippen molar-refractivity contribution in [1.29, 1.82) is 0 Å². The smallest absolute Gasteiger partial charge is 0.278 e. The number of ether oxygens (including phenoxy) is 1. The molecular formula is C19H17FN2O3. The molecule has 0 unspecified atom stereocenters. The number of carbonyl (C=O) groups is 1. The number of halogens is 1. The summed E-state index contributed by atoms with van der Waals surface area (Å²) in [5.41, 5.74) is 2.49. The Hall–Kier alpha value is -3.15. The first-order valence-corrected chi connectivity index (χ1v) is 7.74. The number of hydrogen-bond acceptors (Lipinski definition) is 4. The largest absolute Gasteiger partial charge is 0.489 e. The highest BCUT2D eigenvalue weighted by atomic mass is 19.1. The lowest BCUT2D eigenvalue weighted by Gasteiger charge is -2.07. The van der Waals surface area contributed by atoms with Crippen LogP contribution in [0.2, 0.25) is 0 Å². The molecule has 2 aromatic carbocycles. The third-order valence-electron chi connectivity index (χ3n) is 3.71. The Morgan fingerprint density at radius 2 is 1.80 bits per heavy atom. The molecular weight excluding hydrogens is 323 g/mol. The molecule has 0 aliphatic rings. The van der Waals surface area contributed by atoms with Gasteiger partial charge in [-0.2, -0.15) is 0 Å². The lowest BCUT2D eigenvalue weighted by atomic mass is 10.2. The number of aromatic nitrogens is 1. The van der Waals surface area contributed by atoms with Gasteiger partial charge in [0.25, 0.3) is 5.91 Å². The Labute approximate surface area is 144 Å². The van der Waals surface area contributed by atoms with E-state index in [0.29, 0.717) is 22.8 Å². The number of nitrogens with one attached hydrogen (secondary N) is 1. The van der Waals surface area contributed by atoms with Gasteiger partial charge in [-0.05, 0) is 50.2 Å². The number of hydrogen-bond donors (Lipinski definition) is 1. The van der Waals surface area contributed by atoms with Gasteiger partial charge in [-0.25, -0.2) is 4.39 Å². The maximum atomic E-state index is 12.9. The zero-order valence-electron chi connectivity index (χ0n) is 13.9. The van der Waals surface area contributed by atoms with Gasteiger partial charge in [0.05, 0.1) is 5.56 Å². The van der Waals surface area contributed by atoms with Crippen LogP contribution in [0.5, 0.6) is 5.75 Å². The van der Waals surface area contributed by atoms with Gasteiger partial charge < -0.3 is 14.6 Å². The van der Waals surface area contributed by atoms with Crippen molar-refractivity contribution in [2.75, 3.05) is 5.32 Å². The Morgan fingerprint density at radius 3 is 2.48 bits per heavy atom. The molecule has 3 rings (SSSR count). The number of nitrogens with zero attached hydrogens (tertiary/aromatic N) is 1. The summed E-state index contributed by atoms with van der Waals surface area (Å²) < 4.78 is 23.7. The zero-order valence-corrected chi connectivity index (χ0v) is 13.9. The molecule has 0 radical (unpaired) electrons. The summed E-state index contributed by atoms with van der Waals surface area (Å²) in [6.07, 6.45) is 0. The SMILES string of the molecule is Cc1ccc(NC(=O)c2noc(C)c2COc2ccc(F)cc2)cc1. The second-order valence-electron chi connectivity index (χ2n) is 5.63. The van der Waals surface area contributed by atoms with Crippen molar-refractivity contribution >= 4 is 11.6 Å². The third kappa shape index (κ3) is 4.03. The van der Waals surface area contributed by atoms with Crippen LogP contribution in [-0.2, 0) is 6.61 Å². The molecule has 0 fully saturated rings. The van der Waals surface area contributed by atoms with Crippen molar-refractivity contribution in [3.8, 4) is 5.75 Å². The van der Waals surface area contributed by atoms with Gasteiger partial charge in [0.15, 0.2) is 5.69 Å². The standard InChI is InChI=1S/C19H17FN2O3/c1-12-3-7-15(8-4-12)21-19(23)18-17(13(2)25-22-18)11-24-16-9-5-14(20)6-10-16/h3-10H,11H2,1-2H3,(H,21,23). The summed E-state index contributed by atoms with van der Waals surface area (Å²) >= 11 is 0. The summed E-state index contributed by atoms with van der Waals surface area (Å²) in [5.74, 6) is 0.271. The van der Waals surface area contributed by atoms with Crippen LogP contribution in [0.25, 0.3) is 0 Å². The number of anilines is 1. The molecule has 3 aromatic rings. The van der Waals surface area contributed by atoms with Gasteiger partial charge in [0.2, 0.25) is 0 Å². The van der Waals surface area contributed by atoms with Crippen molar-refractivity contribution in [2.45, 2.75) is 20.5 Å². The summed E-state index contributed by atoms with van der Waals surface area (Å²) in [6.45, 7) is 3.77. The molecule has 1 heterocycles. The quantitative estimate of drug-likeness (QED) is 0.754. The average molecular weight is 340 g/mol. The Morgan fingerprint density at radius 1 is 1.12 bits per heavy atom. The van der Waals surface area contributed by atoms with Gasteiger partial charge in [-0.3, -0.25) is 4.79 Å². The third-order valence-corrected chi connectivity index (χ3v) is 3.71. The van der Waals surface area contributed by atoms with Gasteiger partial charge in [-0.1, -0.05) is 22.9 Å². The molecule has 0 saturated carbocycles. The number of carbonyl (C=O) groups excluding carboxylic acids is 1. The fourth-order valence-electron chi connectivity index (χ4n) is 2.25. The summed E-state index contributed by atoms with van der Waals surface area (Å²) in [7, 11) is 0. The van der Waals surface area contributed by atoms with Crippen LogP contribution in [0.1, 0.15) is 27.4 Å². The van der Waals surface area contributed by atoms with Crippen molar-refractivity contribution in [3.63, 3.8) is 0 Å². The van der Waals surface area contributed by atoms with E-state index in [2.05, 4.69) is 10.5 Å². The maximum absolute atomic E-state index is 12.9. The molecule has 1 N–H and O–H groups in total. The number of rotatable bonds is 5. The predicted molar refractivity (Wildman–Crippen MR) is 91.1 cm³/mol. The van der Waals surface area contributed by atoms with Crippen LogP contribution in [0.15, 0.2) is 53.1 Å². The second-order valence-corrected chi connectivity index (χ2v) is 5.63. The summed E-state index contributed by atoms with van der Waals surface area (Å²) in [6, 6.07) is 13.1. The van der Waals surface area contributed by atoms with E-state index in [1.165, 1.54) is 24.3 Å². The minimum atomic E-state index is -0.376. The molecule has 0 atom stereocenters. The zero-order chi connectivity index (χ0) is 17.8. The van der Waals surface area contributed by atoms with E-state index in [-0.39, 0.29) is 24.0 Å². The Kier molecular flexibility index (Phi) is 4.79. The minimum Gasteiger partial charge on any atom is -0.489 e. The number of amides is 1. The van der Waals surface area contributed by atoms with Crippen LogP contribution >= 0.6 is 0 Å². The summed E-state index contributed by atoms with van der Waals surface area (Å²) in [4.78, 5) is 12.5. The highest BCUT2D eigenvalue weighted by Gasteiger charge is 2.20. The van der Waals surface area contributed by atoms with Crippen LogP contribution in [-0.4, -0.2) is 11.1 Å². The predicted octanol–water partition coefficient (Wildman–Crippen LogP) is 4.26. The number of benzene rings is 2. The molecule has 0 aliphatic heterocycles. The molecule has 25 heavy (non-hydrogen) atoms. The fraction of sp³-hybridized carbons (Fsp3) is 0.158. The van der Waals surface area contributed by atoms with E-state index in [1.807, 2.05) is 31.2 Å². The average Bonchev–Trinajstić information content (AvgIpc) is 2.97. The number of aryl methyl sites for hydroxylation is 2. The first-order valence-electron chi connectivity index (χ1n) is 7.74. The van der Waals surface area contributed by atoms with Crippen LogP contribution in [0.3, 0.4) is 0 Å². The van der Waals surface area contributed by atoms with E-state index < -0.39 is 0 Å².